The minimum absolute atomic E-state index is 0.0233. The third kappa shape index (κ3) is 7.50. The van der Waals surface area contributed by atoms with Gasteiger partial charge in [-0.2, -0.15) is 8.78 Å². The summed E-state index contributed by atoms with van der Waals surface area (Å²) in [6.45, 7) is -1.45. The van der Waals surface area contributed by atoms with Crippen molar-refractivity contribution in [3.63, 3.8) is 0 Å². The third-order valence-corrected chi connectivity index (χ3v) is 4.54. The van der Waals surface area contributed by atoms with E-state index in [1.54, 1.807) is 0 Å². The van der Waals surface area contributed by atoms with Gasteiger partial charge in [0.15, 0.2) is 6.61 Å². The molecule has 0 bridgehead atoms. The zero-order valence-corrected chi connectivity index (χ0v) is 15.6. The van der Waals surface area contributed by atoms with Gasteiger partial charge in [0.1, 0.15) is 5.75 Å². The fourth-order valence-electron chi connectivity index (χ4n) is 3.05. The van der Waals surface area contributed by atoms with Gasteiger partial charge in [0.2, 0.25) is 0 Å². The number of carbonyl (C=O) groups excluding carboxylic acids is 3. The van der Waals surface area contributed by atoms with Crippen molar-refractivity contribution in [1.29, 1.82) is 0 Å². The SMILES string of the molecule is CC1CCCCC1NC(=O)NC(=O)COC(=O)Cc1ccc(OC(F)F)cc1. The van der Waals surface area contributed by atoms with Crippen LogP contribution >= 0.6 is 0 Å². The van der Waals surface area contributed by atoms with Gasteiger partial charge >= 0.3 is 18.6 Å². The molecule has 1 fully saturated rings. The van der Waals surface area contributed by atoms with E-state index in [4.69, 9.17) is 4.74 Å². The number of rotatable bonds is 7. The summed E-state index contributed by atoms with van der Waals surface area (Å²) in [7, 11) is 0. The van der Waals surface area contributed by atoms with E-state index >= 15 is 0 Å². The van der Waals surface area contributed by atoms with Crippen LogP contribution in [0.15, 0.2) is 24.3 Å². The molecule has 7 nitrogen and oxygen atoms in total. The van der Waals surface area contributed by atoms with Crippen molar-refractivity contribution < 1.29 is 32.6 Å². The van der Waals surface area contributed by atoms with Crippen LogP contribution in [0.2, 0.25) is 0 Å². The van der Waals surface area contributed by atoms with E-state index in [9.17, 15) is 23.2 Å². The van der Waals surface area contributed by atoms with Crippen LogP contribution in [0.3, 0.4) is 0 Å². The Labute approximate surface area is 161 Å². The number of benzene rings is 1. The standard InChI is InChI=1S/C19H24F2N2O5/c1-12-4-2-3-5-15(12)22-19(26)23-16(24)11-27-17(25)10-13-6-8-14(9-7-13)28-18(20)21/h6-9,12,15,18H,2-5,10-11H2,1H3,(H2,22,23,24,26). The Morgan fingerprint density at radius 2 is 1.82 bits per heavy atom. The fourth-order valence-corrected chi connectivity index (χ4v) is 3.05. The number of nitrogens with one attached hydrogen (secondary N) is 2. The van der Waals surface area contributed by atoms with Crippen LogP contribution in [0.1, 0.15) is 38.2 Å². The molecule has 3 amide bonds. The topological polar surface area (TPSA) is 93.7 Å². The van der Waals surface area contributed by atoms with E-state index in [0.717, 1.165) is 25.7 Å². The van der Waals surface area contributed by atoms with Crippen LogP contribution in [0.25, 0.3) is 0 Å². The Morgan fingerprint density at radius 3 is 2.46 bits per heavy atom. The molecule has 1 aliphatic carbocycles. The number of ether oxygens (including phenoxy) is 2. The highest BCUT2D eigenvalue weighted by Crippen LogP contribution is 2.23. The maximum absolute atomic E-state index is 12.1. The number of halogens is 2. The summed E-state index contributed by atoms with van der Waals surface area (Å²) in [6.07, 6.45) is 3.94. The number of esters is 1. The second-order valence-corrected chi connectivity index (χ2v) is 6.75. The molecule has 0 aromatic heterocycles. The molecule has 9 heteroatoms. The minimum atomic E-state index is -2.92. The highest BCUT2D eigenvalue weighted by atomic mass is 19.3. The summed E-state index contributed by atoms with van der Waals surface area (Å²) in [4.78, 5) is 35.4. The molecule has 2 unspecified atom stereocenters. The van der Waals surface area contributed by atoms with Crippen molar-refractivity contribution in [3.05, 3.63) is 29.8 Å². The molecular formula is C19H24F2N2O5. The summed E-state index contributed by atoms with van der Waals surface area (Å²) in [5.74, 6) is -1.08. The molecule has 1 aliphatic rings. The first-order valence-corrected chi connectivity index (χ1v) is 9.13. The number of carbonyl (C=O) groups is 3. The fraction of sp³-hybridized carbons (Fsp3) is 0.526. The smallest absolute Gasteiger partial charge is 0.387 e. The Balaban J connectivity index is 1.68. The van der Waals surface area contributed by atoms with Gasteiger partial charge < -0.3 is 14.8 Å². The van der Waals surface area contributed by atoms with Crippen molar-refractivity contribution in [3.8, 4) is 5.75 Å². The van der Waals surface area contributed by atoms with Gasteiger partial charge in [-0.1, -0.05) is 31.9 Å². The molecule has 28 heavy (non-hydrogen) atoms. The number of urea groups is 1. The molecule has 0 saturated heterocycles. The normalized spacial score (nSPS) is 19.0. The van der Waals surface area contributed by atoms with Crippen molar-refractivity contribution in [2.45, 2.75) is 51.7 Å². The molecule has 0 heterocycles. The van der Waals surface area contributed by atoms with Gasteiger partial charge in [-0.25, -0.2) is 4.79 Å². The molecule has 1 saturated carbocycles. The van der Waals surface area contributed by atoms with E-state index in [-0.39, 0.29) is 18.2 Å². The van der Waals surface area contributed by atoms with Crippen LogP contribution in [-0.2, 0) is 20.7 Å². The van der Waals surface area contributed by atoms with Gasteiger partial charge in [0.25, 0.3) is 5.91 Å². The van der Waals surface area contributed by atoms with E-state index < -0.39 is 31.1 Å². The lowest BCUT2D eigenvalue weighted by Crippen LogP contribution is -2.48. The Kier molecular flexibility index (Phi) is 8.16. The lowest BCUT2D eigenvalue weighted by molar-refractivity contribution is -0.147. The lowest BCUT2D eigenvalue weighted by Gasteiger charge is -2.29. The van der Waals surface area contributed by atoms with Crippen LogP contribution in [0.5, 0.6) is 5.75 Å². The predicted octanol–water partition coefficient (Wildman–Crippen LogP) is 2.78. The molecule has 1 aromatic carbocycles. The largest absolute Gasteiger partial charge is 0.455 e. The van der Waals surface area contributed by atoms with Crippen LogP contribution in [0, 0.1) is 5.92 Å². The molecular weight excluding hydrogens is 374 g/mol. The molecule has 1 aromatic rings. The van der Waals surface area contributed by atoms with Crippen LogP contribution < -0.4 is 15.4 Å². The average molecular weight is 398 g/mol. The van der Waals surface area contributed by atoms with E-state index in [2.05, 4.69) is 22.3 Å². The Bertz CT molecular complexity index is 681. The monoisotopic (exact) mass is 398 g/mol. The van der Waals surface area contributed by atoms with E-state index in [1.807, 2.05) is 0 Å². The number of alkyl halides is 2. The van der Waals surface area contributed by atoms with Gasteiger partial charge in [0, 0.05) is 6.04 Å². The molecule has 2 N–H and O–H groups in total. The summed E-state index contributed by atoms with van der Waals surface area (Å²) in [5, 5.41) is 4.91. The highest BCUT2D eigenvalue weighted by molar-refractivity contribution is 5.95. The quantitative estimate of drug-likeness (QED) is 0.689. The van der Waals surface area contributed by atoms with Gasteiger partial charge in [0.05, 0.1) is 6.42 Å². The summed E-state index contributed by atoms with van der Waals surface area (Å²) >= 11 is 0. The maximum atomic E-state index is 12.1. The van der Waals surface area contributed by atoms with Gasteiger partial charge in [-0.15, -0.1) is 0 Å². The Morgan fingerprint density at radius 1 is 1.14 bits per heavy atom. The summed E-state index contributed by atoms with van der Waals surface area (Å²) in [6, 6.07) is 4.92. The van der Waals surface area contributed by atoms with E-state index in [0.29, 0.717) is 11.5 Å². The molecule has 0 spiro atoms. The maximum Gasteiger partial charge on any atom is 0.387 e. The van der Waals surface area contributed by atoms with Crippen LogP contribution in [-0.4, -0.2) is 37.2 Å². The average Bonchev–Trinajstić information content (AvgIpc) is 2.63. The van der Waals surface area contributed by atoms with Gasteiger partial charge in [-0.05, 0) is 36.5 Å². The lowest BCUT2D eigenvalue weighted by atomic mass is 9.86. The summed E-state index contributed by atoms with van der Waals surface area (Å²) in [5.41, 5.74) is 0.510. The van der Waals surface area contributed by atoms with Crippen LogP contribution in [0.4, 0.5) is 13.6 Å². The minimum Gasteiger partial charge on any atom is -0.455 e. The molecule has 0 radical (unpaired) electrons. The molecule has 154 valence electrons. The van der Waals surface area contributed by atoms with Crippen molar-refractivity contribution >= 4 is 17.9 Å². The van der Waals surface area contributed by atoms with Crippen molar-refractivity contribution in [1.82, 2.24) is 10.6 Å². The first-order valence-electron chi connectivity index (χ1n) is 9.13. The number of amides is 3. The molecule has 0 aliphatic heterocycles. The molecule has 2 atom stereocenters. The highest BCUT2D eigenvalue weighted by Gasteiger charge is 2.23. The first-order chi connectivity index (χ1) is 13.3. The number of hydrogen-bond acceptors (Lipinski definition) is 5. The second kappa shape index (κ2) is 10.6. The Hall–Kier alpha value is -2.71. The second-order valence-electron chi connectivity index (χ2n) is 6.75. The van der Waals surface area contributed by atoms with Crippen molar-refractivity contribution in [2.75, 3.05) is 6.61 Å². The number of hydrogen-bond donors (Lipinski definition) is 2. The first kappa shape index (κ1) is 21.6. The molecule has 2 rings (SSSR count). The number of imide groups is 1. The predicted molar refractivity (Wildman–Crippen MR) is 95.8 cm³/mol. The van der Waals surface area contributed by atoms with Gasteiger partial charge in [-0.3, -0.25) is 14.9 Å². The van der Waals surface area contributed by atoms with Crippen molar-refractivity contribution in [2.24, 2.45) is 5.92 Å². The zero-order valence-electron chi connectivity index (χ0n) is 15.6. The third-order valence-electron chi connectivity index (χ3n) is 4.54. The van der Waals surface area contributed by atoms with E-state index in [1.165, 1.54) is 24.3 Å². The summed E-state index contributed by atoms with van der Waals surface area (Å²) < 4.78 is 33.2. The zero-order chi connectivity index (χ0) is 20.5.